The van der Waals surface area contributed by atoms with Crippen LogP contribution in [0, 0.1) is 11.8 Å². The third-order valence-corrected chi connectivity index (χ3v) is 3.90. The van der Waals surface area contributed by atoms with Crippen molar-refractivity contribution in [3.63, 3.8) is 0 Å². The molecule has 0 radical (unpaired) electrons. The number of nitrogens with zero attached hydrogens (tertiary/aromatic N) is 1. The SMILES string of the molecule is CC(C)CCNC(=O)C(C)N(C)C1COCC1C(=O)O. The highest BCUT2D eigenvalue weighted by Gasteiger charge is 2.39. The van der Waals surface area contributed by atoms with Crippen LogP contribution in [0.2, 0.25) is 0 Å². The van der Waals surface area contributed by atoms with Crippen molar-refractivity contribution < 1.29 is 19.4 Å². The highest BCUT2D eigenvalue weighted by atomic mass is 16.5. The minimum atomic E-state index is -0.869. The van der Waals surface area contributed by atoms with Gasteiger partial charge in [0.1, 0.15) is 0 Å². The van der Waals surface area contributed by atoms with Gasteiger partial charge in [0, 0.05) is 12.6 Å². The lowest BCUT2D eigenvalue weighted by atomic mass is 10.0. The molecule has 2 N–H and O–H groups in total. The highest BCUT2D eigenvalue weighted by Crippen LogP contribution is 2.20. The summed E-state index contributed by atoms with van der Waals surface area (Å²) in [6.45, 7) is 7.23. The number of likely N-dealkylation sites (N-methyl/N-ethyl adjacent to an activating group) is 1. The summed E-state index contributed by atoms with van der Waals surface area (Å²) in [6.07, 6.45) is 0.937. The highest BCUT2D eigenvalue weighted by molar-refractivity contribution is 5.81. The van der Waals surface area contributed by atoms with Gasteiger partial charge in [-0.1, -0.05) is 13.8 Å². The molecule has 0 aromatic carbocycles. The van der Waals surface area contributed by atoms with E-state index in [-0.39, 0.29) is 24.6 Å². The average Bonchev–Trinajstić information content (AvgIpc) is 2.85. The van der Waals surface area contributed by atoms with E-state index in [1.54, 1.807) is 18.9 Å². The summed E-state index contributed by atoms with van der Waals surface area (Å²) in [5.74, 6) is -0.954. The molecular weight excluding hydrogens is 260 g/mol. The number of carboxylic acids is 1. The smallest absolute Gasteiger partial charge is 0.310 e. The fourth-order valence-corrected chi connectivity index (χ4v) is 2.28. The maximum Gasteiger partial charge on any atom is 0.310 e. The predicted molar refractivity (Wildman–Crippen MR) is 75.4 cm³/mol. The maximum atomic E-state index is 12.1. The van der Waals surface area contributed by atoms with E-state index in [9.17, 15) is 9.59 Å². The Labute approximate surface area is 120 Å². The van der Waals surface area contributed by atoms with Crippen LogP contribution in [-0.2, 0) is 14.3 Å². The van der Waals surface area contributed by atoms with Crippen molar-refractivity contribution in [1.82, 2.24) is 10.2 Å². The van der Waals surface area contributed by atoms with E-state index >= 15 is 0 Å². The topological polar surface area (TPSA) is 78.9 Å². The van der Waals surface area contributed by atoms with Crippen molar-refractivity contribution in [2.45, 2.75) is 39.3 Å². The van der Waals surface area contributed by atoms with Gasteiger partial charge >= 0.3 is 5.97 Å². The summed E-state index contributed by atoms with van der Waals surface area (Å²) in [5.41, 5.74) is 0. The fraction of sp³-hybridized carbons (Fsp3) is 0.857. The number of ether oxygens (including phenoxy) is 1. The Bertz CT molecular complexity index is 346. The van der Waals surface area contributed by atoms with Gasteiger partial charge in [0.05, 0.1) is 25.2 Å². The second-order valence-corrected chi connectivity index (χ2v) is 5.86. The Balaban J connectivity index is 2.50. The van der Waals surface area contributed by atoms with Crippen molar-refractivity contribution in [3.05, 3.63) is 0 Å². The maximum absolute atomic E-state index is 12.1. The van der Waals surface area contributed by atoms with Gasteiger partial charge in [0.2, 0.25) is 5.91 Å². The molecule has 116 valence electrons. The normalized spacial score (nSPS) is 24.1. The monoisotopic (exact) mass is 286 g/mol. The van der Waals surface area contributed by atoms with E-state index in [0.717, 1.165) is 6.42 Å². The molecule has 20 heavy (non-hydrogen) atoms. The lowest BCUT2D eigenvalue weighted by Crippen LogP contribution is -2.51. The van der Waals surface area contributed by atoms with Crippen LogP contribution < -0.4 is 5.32 Å². The Morgan fingerprint density at radius 3 is 2.55 bits per heavy atom. The van der Waals surface area contributed by atoms with Crippen molar-refractivity contribution in [3.8, 4) is 0 Å². The van der Waals surface area contributed by atoms with E-state index < -0.39 is 11.9 Å². The van der Waals surface area contributed by atoms with Gasteiger partial charge in [-0.05, 0) is 26.3 Å². The molecule has 1 rings (SSSR count). The first-order valence-corrected chi connectivity index (χ1v) is 7.14. The van der Waals surface area contributed by atoms with E-state index in [4.69, 9.17) is 9.84 Å². The Hall–Kier alpha value is -1.14. The van der Waals surface area contributed by atoms with Crippen molar-refractivity contribution in [2.24, 2.45) is 11.8 Å². The van der Waals surface area contributed by atoms with Crippen LogP contribution >= 0.6 is 0 Å². The van der Waals surface area contributed by atoms with Gasteiger partial charge < -0.3 is 15.2 Å². The molecule has 1 aliphatic rings. The summed E-state index contributed by atoms with van der Waals surface area (Å²) >= 11 is 0. The van der Waals surface area contributed by atoms with Crippen molar-refractivity contribution in [1.29, 1.82) is 0 Å². The van der Waals surface area contributed by atoms with Gasteiger partial charge in [0.25, 0.3) is 0 Å². The first kappa shape index (κ1) is 16.9. The third kappa shape index (κ3) is 4.45. The lowest BCUT2D eigenvalue weighted by Gasteiger charge is -2.31. The molecule has 0 bridgehead atoms. The van der Waals surface area contributed by atoms with Gasteiger partial charge in [-0.25, -0.2) is 0 Å². The molecular formula is C14H26N2O4. The number of aliphatic carboxylic acids is 1. The molecule has 6 heteroatoms. The largest absolute Gasteiger partial charge is 0.481 e. The molecule has 0 saturated carbocycles. The number of carbonyl (C=O) groups is 2. The van der Waals surface area contributed by atoms with Gasteiger partial charge in [0.15, 0.2) is 0 Å². The number of hydrogen-bond donors (Lipinski definition) is 2. The number of carbonyl (C=O) groups excluding carboxylic acids is 1. The zero-order chi connectivity index (χ0) is 15.3. The number of nitrogens with one attached hydrogen (secondary N) is 1. The first-order chi connectivity index (χ1) is 9.34. The summed E-state index contributed by atoms with van der Waals surface area (Å²) in [7, 11) is 1.78. The second kappa shape index (κ2) is 7.59. The average molecular weight is 286 g/mol. The number of amides is 1. The van der Waals surface area contributed by atoms with Crippen molar-refractivity contribution >= 4 is 11.9 Å². The molecule has 1 fully saturated rings. The van der Waals surface area contributed by atoms with E-state index in [1.807, 2.05) is 0 Å². The molecule has 1 amide bonds. The van der Waals surface area contributed by atoms with Gasteiger partial charge in [-0.15, -0.1) is 0 Å². The van der Waals surface area contributed by atoms with Gasteiger partial charge in [-0.3, -0.25) is 14.5 Å². The van der Waals surface area contributed by atoms with Gasteiger partial charge in [-0.2, -0.15) is 0 Å². The third-order valence-electron chi connectivity index (χ3n) is 3.90. The molecule has 3 atom stereocenters. The zero-order valence-electron chi connectivity index (χ0n) is 12.8. The number of hydrogen-bond acceptors (Lipinski definition) is 4. The molecule has 1 aliphatic heterocycles. The van der Waals surface area contributed by atoms with Crippen LogP contribution in [0.4, 0.5) is 0 Å². The van der Waals surface area contributed by atoms with E-state index in [1.165, 1.54) is 0 Å². The van der Waals surface area contributed by atoms with Crippen LogP contribution in [0.3, 0.4) is 0 Å². The Kier molecular flexibility index (Phi) is 6.42. The fourth-order valence-electron chi connectivity index (χ4n) is 2.28. The molecule has 0 aliphatic carbocycles. The van der Waals surface area contributed by atoms with Crippen LogP contribution in [0.1, 0.15) is 27.2 Å². The van der Waals surface area contributed by atoms with E-state index in [2.05, 4.69) is 19.2 Å². The summed E-state index contributed by atoms with van der Waals surface area (Å²) < 4.78 is 5.24. The molecule has 0 aromatic rings. The molecule has 0 spiro atoms. The minimum absolute atomic E-state index is 0.0656. The number of carboxylic acid groups (broad SMARTS) is 1. The molecule has 0 aromatic heterocycles. The van der Waals surface area contributed by atoms with Crippen LogP contribution in [0.25, 0.3) is 0 Å². The molecule has 6 nitrogen and oxygen atoms in total. The molecule has 1 heterocycles. The summed E-state index contributed by atoms with van der Waals surface area (Å²) in [6, 6.07) is -0.617. The summed E-state index contributed by atoms with van der Waals surface area (Å²) in [4.78, 5) is 25.0. The van der Waals surface area contributed by atoms with E-state index in [0.29, 0.717) is 19.1 Å². The van der Waals surface area contributed by atoms with Crippen LogP contribution in [-0.4, -0.2) is 60.8 Å². The first-order valence-electron chi connectivity index (χ1n) is 7.14. The summed E-state index contributed by atoms with van der Waals surface area (Å²) in [5, 5.41) is 12.0. The second-order valence-electron chi connectivity index (χ2n) is 5.86. The molecule has 1 saturated heterocycles. The van der Waals surface area contributed by atoms with Crippen LogP contribution in [0.15, 0.2) is 0 Å². The van der Waals surface area contributed by atoms with Crippen molar-refractivity contribution in [2.75, 3.05) is 26.8 Å². The quantitative estimate of drug-likeness (QED) is 0.715. The predicted octanol–water partition coefficient (Wildman–Crippen LogP) is 0.569. The van der Waals surface area contributed by atoms with Crippen LogP contribution in [0.5, 0.6) is 0 Å². The number of rotatable bonds is 7. The minimum Gasteiger partial charge on any atom is -0.481 e. The standard InChI is InChI=1S/C14H26N2O4/c1-9(2)5-6-15-13(17)10(3)16(4)12-8-20-7-11(12)14(18)19/h9-12H,5-8H2,1-4H3,(H,15,17)(H,18,19). The Morgan fingerprint density at radius 2 is 2.00 bits per heavy atom. The zero-order valence-corrected chi connectivity index (χ0v) is 12.8. The lowest BCUT2D eigenvalue weighted by molar-refractivity contribution is -0.144. The molecule has 3 unspecified atom stereocenters. The Morgan fingerprint density at radius 1 is 1.35 bits per heavy atom.